The van der Waals surface area contributed by atoms with Gasteiger partial charge in [-0.05, 0) is 62.4 Å². The molecule has 1 N–H and O–H groups in total. The molecule has 29 heavy (non-hydrogen) atoms. The van der Waals surface area contributed by atoms with Crippen molar-refractivity contribution in [3.05, 3.63) is 35.4 Å². The van der Waals surface area contributed by atoms with Crippen molar-refractivity contribution in [3.63, 3.8) is 0 Å². The molecular weight excluding hydrogens is 364 g/mol. The second-order valence-electron chi connectivity index (χ2n) is 8.79. The molecular formula is C23H30N4O2. The van der Waals surface area contributed by atoms with Crippen LogP contribution in [0.5, 0.6) is 5.75 Å². The fourth-order valence-electron chi connectivity index (χ4n) is 5.15. The van der Waals surface area contributed by atoms with Crippen LogP contribution in [0.15, 0.2) is 24.3 Å². The van der Waals surface area contributed by atoms with Gasteiger partial charge in [0.15, 0.2) is 5.82 Å². The first kappa shape index (κ1) is 18.8. The number of morpholine rings is 1. The molecule has 1 saturated carbocycles. The molecule has 6 nitrogen and oxygen atoms in total. The Morgan fingerprint density at radius 1 is 1.07 bits per heavy atom. The Morgan fingerprint density at radius 2 is 1.93 bits per heavy atom. The van der Waals surface area contributed by atoms with Gasteiger partial charge in [-0.25, -0.2) is 0 Å². The molecule has 2 atom stereocenters. The lowest BCUT2D eigenvalue weighted by atomic mass is 9.88. The Balaban J connectivity index is 1.39. The Kier molecular flexibility index (Phi) is 4.92. The number of anilines is 1. The molecule has 0 amide bonds. The number of hydrogen-bond acceptors (Lipinski definition) is 6. The number of ether oxygens (including phenoxy) is 1. The highest BCUT2D eigenvalue weighted by atomic mass is 16.5. The van der Waals surface area contributed by atoms with Crippen LogP contribution in [-0.4, -0.2) is 64.6 Å². The Morgan fingerprint density at radius 3 is 2.62 bits per heavy atom. The molecule has 0 spiro atoms. The first-order valence-electron chi connectivity index (χ1n) is 10.9. The number of phenols is 1. The van der Waals surface area contributed by atoms with Gasteiger partial charge < -0.3 is 14.7 Å². The molecule has 5 rings (SSSR count). The smallest absolute Gasteiger partial charge is 0.151 e. The molecule has 1 aromatic heterocycles. The normalized spacial score (nSPS) is 25.5. The largest absolute Gasteiger partial charge is 0.507 e. The molecule has 3 fully saturated rings. The van der Waals surface area contributed by atoms with Gasteiger partial charge in [-0.1, -0.05) is 12.5 Å². The number of piperidine rings is 1. The summed E-state index contributed by atoms with van der Waals surface area (Å²) in [4.78, 5) is 5.04. The van der Waals surface area contributed by atoms with Gasteiger partial charge in [0.2, 0.25) is 0 Å². The van der Waals surface area contributed by atoms with E-state index in [0.717, 1.165) is 61.2 Å². The summed E-state index contributed by atoms with van der Waals surface area (Å²) in [7, 11) is 0. The summed E-state index contributed by atoms with van der Waals surface area (Å²) in [6.07, 6.45) is 5.43. The number of fused-ring (bicyclic) bond motifs is 1. The number of aromatic nitrogens is 2. The predicted octanol–water partition coefficient (Wildman–Crippen LogP) is 3.30. The fourth-order valence-corrected chi connectivity index (χ4v) is 5.15. The summed E-state index contributed by atoms with van der Waals surface area (Å²) < 4.78 is 6.10. The SMILES string of the molecule is Cc1cc(C)c(-c2ccc(N3CCO[C@H]4CCN(C5CCC5)C[C@H]43)nn2)c(O)c1. The van der Waals surface area contributed by atoms with E-state index >= 15 is 0 Å². The lowest BCUT2D eigenvalue weighted by molar-refractivity contribution is -0.0446. The second-order valence-corrected chi connectivity index (χ2v) is 8.79. The lowest BCUT2D eigenvalue weighted by Crippen LogP contribution is -2.62. The number of phenolic OH excluding ortho intramolecular Hbond substituents is 1. The first-order valence-corrected chi connectivity index (χ1v) is 10.9. The Labute approximate surface area is 172 Å². The van der Waals surface area contributed by atoms with Crippen LogP contribution in [0.3, 0.4) is 0 Å². The molecule has 0 radical (unpaired) electrons. The predicted molar refractivity (Wildman–Crippen MR) is 113 cm³/mol. The molecule has 0 unspecified atom stereocenters. The van der Waals surface area contributed by atoms with E-state index in [0.29, 0.717) is 11.7 Å². The monoisotopic (exact) mass is 394 g/mol. The maximum absolute atomic E-state index is 10.4. The van der Waals surface area contributed by atoms with Crippen LogP contribution in [0.25, 0.3) is 11.3 Å². The van der Waals surface area contributed by atoms with Gasteiger partial charge >= 0.3 is 0 Å². The summed E-state index contributed by atoms with van der Waals surface area (Å²) in [6.45, 7) is 7.78. The summed E-state index contributed by atoms with van der Waals surface area (Å²) >= 11 is 0. The van der Waals surface area contributed by atoms with E-state index in [1.807, 2.05) is 26.0 Å². The van der Waals surface area contributed by atoms with Crippen LogP contribution in [0.2, 0.25) is 0 Å². The highest BCUT2D eigenvalue weighted by Gasteiger charge is 2.40. The molecule has 3 aliphatic rings. The molecule has 1 aromatic carbocycles. The van der Waals surface area contributed by atoms with Crippen LogP contribution >= 0.6 is 0 Å². The van der Waals surface area contributed by atoms with Gasteiger partial charge in [0, 0.05) is 31.2 Å². The fraction of sp³-hybridized carbons (Fsp3) is 0.565. The zero-order valence-electron chi connectivity index (χ0n) is 17.3. The van der Waals surface area contributed by atoms with Crippen molar-refractivity contribution in [2.24, 2.45) is 0 Å². The van der Waals surface area contributed by atoms with E-state index in [-0.39, 0.29) is 11.9 Å². The van der Waals surface area contributed by atoms with Crippen molar-refractivity contribution in [1.82, 2.24) is 15.1 Å². The summed E-state index contributed by atoms with van der Waals surface area (Å²) in [6, 6.07) is 8.98. The van der Waals surface area contributed by atoms with Gasteiger partial charge in [0.1, 0.15) is 5.75 Å². The number of likely N-dealkylation sites (tertiary alicyclic amines) is 1. The van der Waals surface area contributed by atoms with E-state index in [9.17, 15) is 5.11 Å². The maximum atomic E-state index is 10.4. The van der Waals surface area contributed by atoms with Crippen LogP contribution in [0.1, 0.15) is 36.8 Å². The Hall–Kier alpha value is -2.18. The number of rotatable bonds is 3. The third kappa shape index (κ3) is 3.49. The lowest BCUT2D eigenvalue weighted by Gasteiger charge is -2.50. The topological polar surface area (TPSA) is 61.7 Å². The molecule has 2 aromatic rings. The standard InChI is InChI=1S/C23H30N4O2/c1-15-12-16(2)23(20(28)13-15)18-6-7-22(25-24-18)27-10-11-29-21-8-9-26(14-19(21)27)17-4-3-5-17/h6-7,12-13,17,19,21,28H,3-5,8-11,14H2,1-2H3/t19-,21+/m1/s1. The van der Waals surface area contributed by atoms with Crippen LogP contribution in [-0.2, 0) is 4.74 Å². The zero-order valence-corrected chi connectivity index (χ0v) is 17.3. The minimum Gasteiger partial charge on any atom is -0.507 e. The van der Waals surface area contributed by atoms with Crippen molar-refractivity contribution in [2.75, 3.05) is 31.1 Å². The summed E-state index contributed by atoms with van der Waals surface area (Å²) in [5.74, 6) is 1.17. The molecule has 0 bridgehead atoms. The second kappa shape index (κ2) is 7.58. The number of hydrogen-bond donors (Lipinski definition) is 1. The van der Waals surface area contributed by atoms with Gasteiger partial charge in [0.25, 0.3) is 0 Å². The first-order chi connectivity index (χ1) is 14.1. The average molecular weight is 395 g/mol. The minimum atomic E-state index is 0.263. The third-order valence-corrected chi connectivity index (χ3v) is 6.87. The maximum Gasteiger partial charge on any atom is 0.151 e. The molecule has 1 aliphatic carbocycles. The van der Waals surface area contributed by atoms with Crippen molar-refractivity contribution < 1.29 is 9.84 Å². The Bertz CT molecular complexity index is 858. The number of nitrogens with zero attached hydrogens (tertiary/aromatic N) is 4. The van der Waals surface area contributed by atoms with Crippen molar-refractivity contribution in [2.45, 2.75) is 57.7 Å². The van der Waals surface area contributed by atoms with E-state index in [1.165, 1.54) is 19.3 Å². The number of aryl methyl sites for hydroxylation is 2. The van der Waals surface area contributed by atoms with E-state index in [1.54, 1.807) is 6.07 Å². The van der Waals surface area contributed by atoms with Crippen molar-refractivity contribution >= 4 is 5.82 Å². The van der Waals surface area contributed by atoms with Crippen LogP contribution in [0.4, 0.5) is 5.82 Å². The summed E-state index contributed by atoms with van der Waals surface area (Å²) in [5.41, 5.74) is 3.54. The van der Waals surface area contributed by atoms with Gasteiger partial charge in [0.05, 0.1) is 24.4 Å². The van der Waals surface area contributed by atoms with Crippen molar-refractivity contribution in [1.29, 1.82) is 0 Å². The van der Waals surface area contributed by atoms with E-state index < -0.39 is 0 Å². The zero-order chi connectivity index (χ0) is 20.0. The highest BCUT2D eigenvalue weighted by Crippen LogP contribution is 2.34. The number of benzene rings is 1. The van der Waals surface area contributed by atoms with Crippen LogP contribution in [0, 0.1) is 13.8 Å². The number of aromatic hydroxyl groups is 1. The molecule has 2 saturated heterocycles. The quantitative estimate of drug-likeness (QED) is 0.862. The van der Waals surface area contributed by atoms with E-state index in [4.69, 9.17) is 4.74 Å². The van der Waals surface area contributed by atoms with Crippen LogP contribution < -0.4 is 4.90 Å². The van der Waals surface area contributed by atoms with Gasteiger partial charge in [-0.3, -0.25) is 4.90 Å². The molecule has 3 heterocycles. The molecule has 154 valence electrons. The molecule has 2 aliphatic heterocycles. The van der Waals surface area contributed by atoms with Crippen molar-refractivity contribution in [3.8, 4) is 17.0 Å². The van der Waals surface area contributed by atoms with Gasteiger partial charge in [-0.2, -0.15) is 0 Å². The minimum absolute atomic E-state index is 0.263. The average Bonchev–Trinajstić information content (AvgIpc) is 2.66. The van der Waals surface area contributed by atoms with E-state index in [2.05, 4.69) is 26.1 Å². The summed E-state index contributed by atoms with van der Waals surface area (Å²) in [5, 5.41) is 19.5. The third-order valence-electron chi connectivity index (χ3n) is 6.87. The molecule has 6 heteroatoms. The highest BCUT2D eigenvalue weighted by molar-refractivity contribution is 5.71. The van der Waals surface area contributed by atoms with Gasteiger partial charge in [-0.15, -0.1) is 10.2 Å².